The first-order valence-electron chi connectivity index (χ1n) is 7.33. The second kappa shape index (κ2) is 8.27. The van der Waals surface area contributed by atoms with Gasteiger partial charge in [-0.3, -0.25) is 9.98 Å². The van der Waals surface area contributed by atoms with Crippen LogP contribution in [0.2, 0.25) is 0 Å². The molecule has 0 atom stereocenters. The van der Waals surface area contributed by atoms with Crippen LogP contribution in [-0.2, 0) is 6.54 Å². The number of methoxy groups -OCH3 is 1. The zero-order valence-corrected chi connectivity index (χ0v) is 15.5. The highest BCUT2D eigenvalue weighted by atomic mass is 32.2. The number of nitrogens with one attached hydrogen (secondary N) is 2. The maximum Gasteiger partial charge on any atom is 0.191 e. The predicted octanol–water partition coefficient (Wildman–Crippen LogP) is 2.51. The van der Waals surface area contributed by atoms with Crippen LogP contribution in [0.5, 0.6) is 5.75 Å². The number of aromatic nitrogens is 1. The molecule has 0 fully saturated rings. The van der Waals surface area contributed by atoms with Crippen LogP contribution < -0.4 is 15.4 Å². The van der Waals surface area contributed by atoms with E-state index < -0.39 is 0 Å². The Balaban J connectivity index is 2.68. The van der Waals surface area contributed by atoms with Crippen molar-refractivity contribution in [1.82, 2.24) is 15.6 Å². The van der Waals surface area contributed by atoms with Gasteiger partial charge in [0.2, 0.25) is 0 Å². The largest absolute Gasteiger partial charge is 0.496 e. The summed E-state index contributed by atoms with van der Waals surface area (Å²) in [6, 6.07) is 0. The van der Waals surface area contributed by atoms with Gasteiger partial charge >= 0.3 is 0 Å². The van der Waals surface area contributed by atoms with Crippen molar-refractivity contribution in [2.45, 2.75) is 39.0 Å². The SMILES string of the molecule is CN=C(NCc1ncc(C)c(OC)c1C)NCC(C)(C)SC. The van der Waals surface area contributed by atoms with Crippen LogP contribution in [0.1, 0.15) is 30.7 Å². The first-order chi connectivity index (χ1) is 10.3. The van der Waals surface area contributed by atoms with E-state index in [-0.39, 0.29) is 4.75 Å². The summed E-state index contributed by atoms with van der Waals surface area (Å²) in [5, 5.41) is 6.65. The van der Waals surface area contributed by atoms with E-state index in [4.69, 9.17) is 4.74 Å². The molecule has 0 unspecified atom stereocenters. The van der Waals surface area contributed by atoms with Crippen molar-refractivity contribution >= 4 is 17.7 Å². The lowest BCUT2D eigenvalue weighted by Crippen LogP contribution is -2.43. The summed E-state index contributed by atoms with van der Waals surface area (Å²) >= 11 is 1.83. The Hall–Kier alpha value is -1.43. The number of guanidine groups is 1. The first-order valence-corrected chi connectivity index (χ1v) is 8.56. The fourth-order valence-corrected chi connectivity index (χ4v) is 2.22. The van der Waals surface area contributed by atoms with Crippen LogP contribution in [0.15, 0.2) is 11.2 Å². The maximum atomic E-state index is 5.44. The van der Waals surface area contributed by atoms with Crippen molar-refractivity contribution in [3.05, 3.63) is 23.0 Å². The topological polar surface area (TPSA) is 58.5 Å². The molecule has 0 aliphatic heterocycles. The smallest absolute Gasteiger partial charge is 0.191 e. The monoisotopic (exact) mass is 324 g/mol. The Kier molecular flexibility index (Phi) is 7.00. The molecule has 124 valence electrons. The molecule has 1 rings (SSSR count). The highest BCUT2D eigenvalue weighted by Gasteiger charge is 2.16. The van der Waals surface area contributed by atoms with Crippen molar-refractivity contribution in [2.24, 2.45) is 4.99 Å². The van der Waals surface area contributed by atoms with Crippen LogP contribution in [0.25, 0.3) is 0 Å². The average molecular weight is 324 g/mol. The Morgan fingerprint density at radius 1 is 1.36 bits per heavy atom. The number of hydrogen-bond donors (Lipinski definition) is 2. The molecule has 0 amide bonds. The third kappa shape index (κ3) is 5.09. The summed E-state index contributed by atoms with van der Waals surface area (Å²) in [5.74, 6) is 1.68. The first kappa shape index (κ1) is 18.6. The molecule has 0 spiro atoms. The molecule has 1 aromatic heterocycles. The predicted molar refractivity (Wildman–Crippen MR) is 96.1 cm³/mol. The molecule has 0 aliphatic rings. The van der Waals surface area contributed by atoms with Gasteiger partial charge in [0.15, 0.2) is 5.96 Å². The van der Waals surface area contributed by atoms with E-state index in [1.54, 1.807) is 14.2 Å². The summed E-state index contributed by atoms with van der Waals surface area (Å²) in [6.07, 6.45) is 3.96. The third-order valence-corrected chi connectivity index (χ3v) is 4.88. The fraction of sp³-hybridized carbons (Fsp3) is 0.625. The molecule has 22 heavy (non-hydrogen) atoms. The Morgan fingerprint density at radius 3 is 2.59 bits per heavy atom. The number of hydrogen-bond acceptors (Lipinski definition) is 4. The molecular weight excluding hydrogens is 296 g/mol. The summed E-state index contributed by atoms with van der Waals surface area (Å²) in [4.78, 5) is 8.74. The Morgan fingerprint density at radius 2 is 2.05 bits per heavy atom. The molecule has 0 bridgehead atoms. The van der Waals surface area contributed by atoms with Crippen molar-refractivity contribution in [3.63, 3.8) is 0 Å². The molecule has 6 heteroatoms. The van der Waals surface area contributed by atoms with E-state index in [0.29, 0.717) is 6.54 Å². The maximum absolute atomic E-state index is 5.44. The zero-order chi connectivity index (χ0) is 16.8. The highest BCUT2D eigenvalue weighted by molar-refractivity contribution is 7.99. The molecule has 2 N–H and O–H groups in total. The summed E-state index contributed by atoms with van der Waals surface area (Å²) in [7, 11) is 3.47. The molecule has 0 saturated heterocycles. The van der Waals surface area contributed by atoms with Crippen LogP contribution in [0.4, 0.5) is 0 Å². The lowest BCUT2D eigenvalue weighted by molar-refractivity contribution is 0.406. The Bertz CT molecular complexity index is 529. The lowest BCUT2D eigenvalue weighted by atomic mass is 10.1. The summed E-state index contributed by atoms with van der Waals surface area (Å²) in [5.41, 5.74) is 3.08. The third-order valence-electron chi connectivity index (χ3n) is 3.63. The number of nitrogens with zero attached hydrogens (tertiary/aromatic N) is 2. The normalized spacial score (nSPS) is 12.2. The number of aliphatic imine (C=N–C) groups is 1. The van der Waals surface area contributed by atoms with Gasteiger partial charge in [0.25, 0.3) is 0 Å². The van der Waals surface area contributed by atoms with Crippen molar-refractivity contribution in [2.75, 3.05) is 27.0 Å². The van der Waals surface area contributed by atoms with Gasteiger partial charge in [-0.25, -0.2) is 0 Å². The van der Waals surface area contributed by atoms with E-state index in [2.05, 4.69) is 40.7 Å². The van der Waals surface area contributed by atoms with Gasteiger partial charge in [-0.05, 0) is 34.0 Å². The van der Waals surface area contributed by atoms with E-state index in [1.165, 1.54) is 0 Å². The van der Waals surface area contributed by atoms with Gasteiger partial charge in [-0.1, -0.05) is 0 Å². The average Bonchev–Trinajstić information content (AvgIpc) is 2.49. The van der Waals surface area contributed by atoms with E-state index in [1.807, 2.05) is 31.8 Å². The lowest BCUT2D eigenvalue weighted by Gasteiger charge is -2.24. The molecule has 0 aromatic carbocycles. The number of aryl methyl sites for hydroxylation is 1. The molecular formula is C16H28N4OS. The van der Waals surface area contributed by atoms with Gasteiger partial charge in [0.05, 0.1) is 19.3 Å². The Labute approximate surface area is 138 Å². The second-order valence-corrected chi connectivity index (χ2v) is 7.30. The van der Waals surface area contributed by atoms with Crippen LogP contribution in [-0.4, -0.2) is 42.6 Å². The van der Waals surface area contributed by atoms with E-state index in [9.17, 15) is 0 Å². The van der Waals surface area contributed by atoms with Crippen molar-refractivity contribution in [3.8, 4) is 5.75 Å². The molecule has 0 radical (unpaired) electrons. The minimum Gasteiger partial charge on any atom is -0.496 e. The fourth-order valence-electron chi connectivity index (χ4n) is 2.01. The summed E-state index contributed by atoms with van der Waals surface area (Å²) in [6.45, 7) is 9.90. The zero-order valence-electron chi connectivity index (χ0n) is 14.7. The molecule has 0 saturated carbocycles. The summed E-state index contributed by atoms with van der Waals surface area (Å²) < 4.78 is 5.61. The van der Waals surface area contributed by atoms with Gasteiger partial charge in [-0.2, -0.15) is 11.8 Å². The molecule has 1 heterocycles. The van der Waals surface area contributed by atoms with Gasteiger partial charge < -0.3 is 15.4 Å². The van der Waals surface area contributed by atoms with Crippen LogP contribution in [0, 0.1) is 13.8 Å². The quantitative estimate of drug-likeness (QED) is 0.622. The van der Waals surface area contributed by atoms with E-state index in [0.717, 1.165) is 35.1 Å². The van der Waals surface area contributed by atoms with Crippen molar-refractivity contribution < 1.29 is 4.74 Å². The van der Waals surface area contributed by atoms with Gasteiger partial charge in [0.1, 0.15) is 5.75 Å². The van der Waals surface area contributed by atoms with Crippen LogP contribution in [0.3, 0.4) is 0 Å². The van der Waals surface area contributed by atoms with Gasteiger partial charge in [0, 0.05) is 35.7 Å². The standard InChI is InChI=1S/C16H28N4OS/c1-11-8-18-13(12(2)14(11)21-6)9-19-15(17-5)20-10-16(3,4)22-7/h8H,9-10H2,1-7H3,(H2,17,19,20). The molecule has 0 aliphatic carbocycles. The number of thioether (sulfide) groups is 1. The molecule has 1 aromatic rings. The van der Waals surface area contributed by atoms with Gasteiger partial charge in [-0.15, -0.1) is 0 Å². The number of ether oxygens (including phenoxy) is 1. The molecule has 5 nitrogen and oxygen atoms in total. The number of rotatable bonds is 6. The van der Waals surface area contributed by atoms with Crippen LogP contribution >= 0.6 is 11.8 Å². The number of pyridine rings is 1. The van der Waals surface area contributed by atoms with E-state index >= 15 is 0 Å². The van der Waals surface area contributed by atoms with Crippen molar-refractivity contribution in [1.29, 1.82) is 0 Å². The highest BCUT2D eigenvalue weighted by Crippen LogP contribution is 2.23. The second-order valence-electron chi connectivity index (χ2n) is 5.79. The minimum absolute atomic E-state index is 0.166. The minimum atomic E-state index is 0.166.